The van der Waals surface area contributed by atoms with Crippen LogP contribution in [0.25, 0.3) is 0 Å². The van der Waals surface area contributed by atoms with E-state index in [1.807, 2.05) is 0 Å². The van der Waals surface area contributed by atoms with Crippen LogP contribution in [0.5, 0.6) is 0 Å². The van der Waals surface area contributed by atoms with Gasteiger partial charge in [0, 0.05) is 13.0 Å². The van der Waals surface area contributed by atoms with E-state index in [-0.39, 0.29) is 13.0 Å². The lowest BCUT2D eigenvalue weighted by Gasteiger charge is -2.20. The standard InChI is InChI=1S/C58H108NO9P/c1-3-5-7-9-11-13-15-17-19-21-23-25-27-29-31-33-35-37-39-41-43-45-47-49-51-65-52-55(53-66-69(63,64)67-54-56(59)58(61)62)68-57(60)50-48-46-44-42-40-38-36-34-32-30-28-26-24-22-20-18-16-14-12-10-8-6-4-2/h15-18,21-24,55-56H,3-14,19-20,25-54,59H2,1-2H3,(H,61,62)(H,63,64)/b17-15-,18-16-,23-21-,24-22-. The largest absolute Gasteiger partial charge is 0.480 e. The van der Waals surface area contributed by atoms with Gasteiger partial charge in [0.25, 0.3) is 0 Å². The molecule has 0 aromatic heterocycles. The van der Waals surface area contributed by atoms with Gasteiger partial charge < -0.3 is 25.2 Å². The molecule has 3 unspecified atom stereocenters. The van der Waals surface area contributed by atoms with E-state index in [0.29, 0.717) is 13.0 Å². The Kier molecular flexibility index (Phi) is 52.1. The predicted octanol–water partition coefficient (Wildman–Crippen LogP) is 17.3. The number of allylic oxidation sites excluding steroid dienone is 8. The van der Waals surface area contributed by atoms with Gasteiger partial charge in [-0.15, -0.1) is 0 Å². The second-order valence-corrected chi connectivity index (χ2v) is 20.9. The first-order chi connectivity index (χ1) is 33.7. The molecule has 11 heteroatoms. The molecule has 0 radical (unpaired) electrons. The number of carboxylic acid groups (broad SMARTS) is 1. The summed E-state index contributed by atoms with van der Waals surface area (Å²) >= 11 is 0. The molecule has 0 aliphatic heterocycles. The van der Waals surface area contributed by atoms with Crippen LogP contribution >= 0.6 is 7.82 Å². The fourth-order valence-electron chi connectivity index (χ4n) is 8.14. The van der Waals surface area contributed by atoms with Gasteiger partial charge in [-0.2, -0.15) is 0 Å². The summed E-state index contributed by atoms with van der Waals surface area (Å²) in [5.41, 5.74) is 5.39. The first kappa shape index (κ1) is 66.9. The lowest BCUT2D eigenvalue weighted by Crippen LogP contribution is -2.34. The van der Waals surface area contributed by atoms with Crippen molar-refractivity contribution >= 4 is 19.8 Å². The highest BCUT2D eigenvalue weighted by atomic mass is 31.2. The Bertz CT molecular complexity index is 1290. The summed E-state index contributed by atoms with van der Waals surface area (Å²) in [6.07, 6.45) is 66.0. The molecule has 0 amide bonds. The highest BCUT2D eigenvalue weighted by Gasteiger charge is 2.27. The second kappa shape index (κ2) is 53.7. The van der Waals surface area contributed by atoms with Crippen molar-refractivity contribution in [1.29, 1.82) is 0 Å². The minimum absolute atomic E-state index is 0.0162. The van der Waals surface area contributed by atoms with Gasteiger partial charge in [-0.1, -0.05) is 236 Å². The Morgan fingerprint density at radius 3 is 1.17 bits per heavy atom. The minimum atomic E-state index is -4.63. The van der Waals surface area contributed by atoms with Crippen LogP contribution in [0.2, 0.25) is 0 Å². The second-order valence-electron chi connectivity index (χ2n) is 19.4. The van der Waals surface area contributed by atoms with Crippen LogP contribution in [0.3, 0.4) is 0 Å². The van der Waals surface area contributed by atoms with Gasteiger partial charge in [0.05, 0.1) is 19.8 Å². The molecule has 0 aliphatic rings. The molecule has 0 spiro atoms. The van der Waals surface area contributed by atoms with E-state index in [1.54, 1.807) is 0 Å². The number of hydrogen-bond donors (Lipinski definition) is 3. The molecule has 3 atom stereocenters. The SMILES string of the molecule is CCCCCCC/C=C\C/C=C\CCCCCCCCCCCCCCOCC(COP(=O)(O)OCC(N)C(=O)O)OC(=O)CCCCCCCCCCCCC/C=C\C/C=C\CCCCCCC. The van der Waals surface area contributed by atoms with Crippen molar-refractivity contribution in [2.75, 3.05) is 26.4 Å². The molecule has 0 aromatic carbocycles. The average molecular weight is 994 g/mol. The number of unbranched alkanes of at least 4 members (excludes halogenated alkanes) is 33. The van der Waals surface area contributed by atoms with Gasteiger partial charge >= 0.3 is 19.8 Å². The molecule has 4 N–H and O–H groups in total. The predicted molar refractivity (Wildman–Crippen MR) is 291 cm³/mol. The van der Waals surface area contributed by atoms with Crippen LogP contribution in [-0.4, -0.2) is 60.5 Å². The van der Waals surface area contributed by atoms with Crippen molar-refractivity contribution < 1.29 is 42.7 Å². The topological polar surface area (TPSA) is 155 Å². The molecule has 404 valence electrons. The van der Waals surface area contributed by atoms with E-state index >= 15 is 0 Å². The summed E-state index contributed by atoms with van der Waals surface area (Å²) in [6, 6.07) is -1.48. The molecule has 0 bridgehead atoms. The Labute approximate surface area is 424 Å². The van der Waals surface area contributed by atoms with Crippen molar-refractivity contribution in [3.05, 3.63) is 48.6 Å². The van der Waals surface area contributed by atoms with Crippen molar-refractivity contribution in [3.8, 4) is 0 Å². The van der Waals surface area contributed by atoms with E-state index in [4.69, 9.17) is 29.4 Å². The summed E-state index contributed by atoms with van der Waals surface area (Å²) < 4.78 is 33.6. The molecular formula is C58H108NO9P. The molecule has 0 heterocycles. The first-order valence-corrected chi connectivity index (χ1v) is 30.2. The molecule has 0 fully saturated rings. The van der Waals surface area contributed by atoms with Gasteiger partial charge in [-0.25, -0.2) is 4.57 Å². The lowest BCUT2D eigenvalue weighted by atomic mass is 10.0. The van der Waals surface area contributed by atoms with Gasteiger partial charge in [0.2, 0.25) is 0 Å². The highest BCUT2D eigenvalue weighted by Crippen LogP contribution is 2.43. The number of esters is 1. The molecule has 0 rings (SSSR count). The summed E-state index contributed by atoms with van der Waals surface area (Å²) in [6.45, 7) is 3.90. The average Bonchev–Trinajstić information content (AvgIpc) is 3.33. The third kappa shape index (κ3) is 53.6. The van der Waals surface area contributed by atoms with E-state index in [2.05, 4.69) is 62.5 Å². The smallest absolute Gasteiger partial charge is 0.472 e. The monoisotopic (exact) mass is 994 g/mol. The van der Waals surface area contributed by atoms with Crippen LogP contribution in [-0.2, 0) is 32.7 Å². The number of aliphatic carboxylic acids is 1. The van der Waals surface area contributed by atoms with Crippen molar-refractivity contribution in [2.45, 2.75) is 283 Å². The Hall–Kier alpha value is -2.07. The fourth-order valence-corrected chi connectivity index (χ4v) is 8.92. The van der Waals surface area contributed by atoms with E-state index in [9.17, 15) is 19.0 Å². The number of carbonyl (C=O) groups excluding carboxylic acids is 1. The molecule has 0 saturated carbocycles. The molecule has 0 aliphatic carbocycles. The third-order valence-electron chi connectivity index (χ3n) is 12.6. The van der Waals surface area contributed by atoms with E-state index in [1.165, 1.54) is 193 Å². The van der Waals surface area contributed by atoms with Gasteiger partial charge in [-0.3, -0.25) is 18.6 Å². The zero-order chi connectivity index (χ0) is 50.4. The van der Waals surface area contributed by atoms with Crippen molar-refractivity contribution in [3.63, 3.8) is 0 Å². The quantitative estimate of drug-likeness (QED) is 0.0232. The number of phosphoric acid groups is 1. The Balaban J connectivity index is 4.07. The maximum absolute atomic E-state index is 12.7. The lowest BCUT2D eigenvalue weighted by molar-refractivity contribution is -0.154. The summed E-state index contributed by atoms with van der Waals surface area (Å²) in [4.78, 5) is 33.8. The number of phosphoric ester groups is 1. The van der Waals surface area contributed by atoms with E-state index < -0.39 is 45.1 Å². The van der Waals surface area contributed by atoms with Crippen molar-refractivity contribution in [1.82, 2.24) is 0 Å². The fraction of sp³-hybridized carbons (Fsp3) is 0.828. The van der Waals surface area contributed by atoms with Crippen molar-refractivity contribution in [2.24, 2.45) is 5.73 Å². The zero-order valence-electron chi connectivity index (χ0n) is 44.7. The Morgan fingerprint density at radius 2 is 0.797 bits per heavy atom. The highest BCUT2D eigenvalue weighted by molar-refractivity contribution is 7.47. The molecule has 0 saturated heterocycles. The number of carbonyl (C=O) groups is 2. The zero-order valence-corrected chi connectivity index (χ0v) is 45.6. The maximum Gasteiger partial charge on any atom is 0.472 e. The minimum Gasteiger partial charge on any atom is -0.480 e. The van der Waals surface area contributed by atoms with Gasteiger partial charge in [0.1, 0.15) is 12.1 Å². The normalized spacial score (nSPS) is 13.9. The number of nitrogens with two attached hydrogens (primary N) is 1. The molecule has 10 nitrogen and oxygen atoms in total. The van der Waals surface area contributed by atoms with Gasteiger partial charge in [-0.05, 0) is 77.0 Å². The number of ether oxygens (including phenoxy) is 2. The first-order valence-electron chi connectivity index (χ1n) is 28.7. The van der Waals surface area contributed by atoms with Gasteiger partial charge in [0.15, 0.2) is 0 Å². The van der Waals surface area contributed by atoms with Crippen LogP contribution in [0.1, 0.15) is 271 Å². The van der Waals surface area contributed by atoms with Crippen LogP contribution in [0.15, 0.2) is 48.6 Å². The maximum atomic E-state index is 12.7. The van der Waals surface area contributed by atoms with Crippen LogP contribution < -0.4 is 5.73 Å². The molecule has 69 heavy (non-hydrogen) atoms. The number of hydrogen-bond acceptors (Lipinski definition) is 8. The third-order valence-corrected chi connectivity index (χ3v) is 13.5. The Morgan fingerprint density at radius 1 is 0.464 bits per heavy atom. The summed E-state index contributed by atoms with van der Waals surface area (Å²) in [5.74, 6) is -1.77. The van der Waals surface area contributed by atoms with E-state index in [0.717, 1.165) is 51.4 Å². The number of rotatable bonds is 55. The molecular weight excluding hydrogens is 886 g/mol. The molecule has 0 aromatic rings. The van der Waals surface area contributed by atoms with Crippen LogP contribution in [0.4, 0.5) is 0 Å². The van der Waals surface area contributed by atoms with Crippen LogP contribution in [0, 0.1) is 0 Å². The number of carboxylic acids is 1. The summed E-state index contributed by atoms with van der Waals surface area (Å²) in [5, 5.41) is 8.95. The summed E-state index contributed by atoms with van der Waals surface area (Å²) in [7, 11) is -4.63.